The number of methoxy groups -OCH3 is 1. The highest BCUT2D eigenvalue weighted by Crippen LogP contribution is 2.45. The van der Waals surface area contributed by atoms with Gasteiger partial charge in [0.15, 0.2) is 5.82 Å². The summed E-state index contributed by atoms with van der Waals surface area (Å²) >= 11 is 3.16. The minimum atomic E-state index is -0.840. The molecule has 7 nitrogen and oxygen atoms in total. The van der Waals surface area contributed by atoms with Gasteiger partial charge >= 0.3 is 6.09 Å². The number of rotatable bonds is 1. The van der Waals surface area contributed by atoms with E-state index < -0.39 is 29.3 Å². The number of benzene rings is 1. The van der Waals surface area contributed by atoms with Crippen LogP contribution in [0.3, 0.4) is 0 Å². The topological polar surface area (TPSA) is 82.7 Å². The van der Waals surface area contributed by atoms with E-state index in [0.29, 0.717) is 29.9 Å². The van der Waals surface area contributed by atoms with Gasteiger partial charge in [-0.3, -0.25) is 14.3 Å². The largest absolute Gasteiger partial charge is 0.451 e. The molecule has 4 rings (SSSR count). The molecule has 27 heavy (non-hydrogen) atoms. The molecule has 2 unspecified atom stereocenters. The van der Waals surface area contributed by atoms with Crippen LogP contribution in [0.2, 0.25) is 0 Å². The van der Waals surface area contributed by atoms with Crippen LogP contribution in [0.4, 0.5) is 15.0 Å². The number of ketones is 1. The summed E-state index contributed by atoms with van der Waals surface area (Å²) in [6.07, 6.45) is 0.00799. The van der Waals surface area contributed by atoms with Crippen LogP contribution < -0.4 is 5.56 Å². The molecule has 2 heterocycles. The Bertz CT molecular complexity index is 1090. The molecule has 0 saturated heterocycles. The summed E-state index contributed by atoms with van der Waals surface area (Å²) in [6.45, 7) is 0. The quantitative estimate of drug-likeness (QED) is 0.689. The van der Waals surface area contributed by atoms with E-state index in [0.717, 1.165) is 4.68 Å². The van der Waals surface area contributed by atoms with Crippen molar-refractivity contribution in [3.63, 3.8) is 0 Å². The predicted octanol–water partition coefficient (Wildman–Crippen LogP) is 2.90. The number of halogens is 2. The number of hydrogen-bond donors (Lipinski definition) is 0. The Morgan fingerprint density at radius 2 is 2.04 bits per heavy atom. The summed E-state index contributed by atoms with van der Waals surface area (Å²) < 4.78 is 20.9. The average Bonchev–Trinajstić information content (AvgIpc) is 3.14. The first kappa shape index (κ1) is 17.8. The first-order valence-electron chi connectivity index (χ1n) is 8.30. The Hall–Kier alpha value is -2.55. The van der Waals surface area contributed by atoms with Gasteiger partial charge in [0.05, 0.1) is 23.1 Å². The maximum Gasteiger partial charge on any atom is 0.436 e. The van der Waals surface area contributed by atoms with Gasteiger partial charge in [-0.2, -0.15) is 0 Å². The van der Waals surface area contributed by atoms with E-state index in [2.05, 4.69) is 20.9 Å². The van der Waals surface area contributed by atoms with E-state index in [-0.39, 0.29) is 15.8 Å². The normalized spacial score (nSPS) is 20.9. The summed E-state index contributed by atoms with van der Waals surface area (Å²) in [6, 6.07) is 4.40. The second-order valence-corrected chi connectivity index (χ2v) is 7.40. The van der Waals surface area contributed by atoms with Crippen LogP contribution in [-0.4, -0.2) is 34.1 Å². The van der Waals surface area contributed by atoms with Crippen LogP contribution in [0, 0.1) is 11.7 Å². The Morgan fingerprint density at radius 1 is 1.30 bits per heavy atom. The molecule has 0 bridgehead atoms. The van der Waals surface area contributed by atoms with Gasteiger partial charge in [0.1, 0.15) is 11.6 Å². The van der Waals surface area contributed by atoms with Gasteiger partial charge < -0.3 is 4.74 Å². The highest BCUT2D eigenvalue weighted by Gasteiger charge is 2.46. The maximum absolute atomic E-state index is 13.7. The molecule has 2 aromatic rings. The van der Waals surface area contributed by atoms with Crippen molar-refractivity contribution in [2.75, 3.05) is 7.11 Å². The smallest absolute Gasteiger partial charge is 0.436 e. The SMILES string of the molecule is COC(=O)n1c(=O)c2c(n1C)N=C1CCC(=O)C1C2c1ccc(F)c(Br)c1. The fourth-order valence-electron chi connectivity index (χ4n) is 3.93. The molecule has 1 aliphatic heterocycles. The van der Waals surface area contributed by atoms with Gasteiger partial charge in [0.25, 0.3) is 5.56 Å². The number of aliphatic imine (C=N–C) groups is 1. The lowest BCUT2D eigenvalue weighted by molar-refractivity contribution is -0.120. The summed E-state index contributed by atoms with van der Waals surface area (Å²) in [7, 11) is 2.72. The first-order chi connectivity index (χ1) is 12.8. The Balaban J connectivity index is 2.02. The molecule has 2 aliphatic rings. The Morgan fingerprint density at radius 3 is 2.70 bits per heavy atom. The molecule has 9 heteroatoms. The number of carbonyl (C=O) groups is 2. The van der Waals surface area contributed by atoms with Gasteiger partial charge in [-0.25, -0.2) is 14.2 Å². The number of hydrogen-bond acceptors (Lipinski definition) is 5. The van der Waals surface area contributed by atoms with Crippen LogP contribution in [0.5, 0.6) is 0 Å². The highest BCUT2D eigenvalue weighted by atomic mass is 79.9. The van der Waals surface area contributed by atoms with Gasteiger partial charge in [-0.1, -0.05) is 6.07 Å². The zero-order valence-electron chi connectivity index (χ0n) is 14.5. The van der Waals surface area contributed by atoms with Crippen molar-refractivity contribution in [2.24, 2.45) is 18.0 Å². The third-order valence-electron chi connectivity index (χ3n) is 5.15. The molecule has 1 fully saturated rings. The van der Waals surface area contributed by atoms with Crippen LogP contribution in [-0.2, 0) is 16.6 Å². The summed E-state index contributed by atoms with van der Waals surface area (Å²) in [5, 5.41) is 0. The van der Waals surface area contributed by atoms with Gasteiger partial charge in [-0.15, -0.1) is 4.68 Å². The number of ether oxygens (including phenoxy) is 1. The number of nitrogens with zero attached hydrogens (tertiary/aromatic N) is 3. The van der Waals surface area contributed by atoms with Gasteiger partial charge in [-0.05, 0) is 40.0 Å². The highest BCUT2D eigenvalue weighted by molar-refractivity contribution is 9.10. The fourth-order valence-corrected chi connectivity index (χ4v) is 4.33. The summed E-state index contributed by atoms with van der Waals surface area (Å²) in [5.74, 6) is -1.36. The monoisotopic (exact) mass is 435 g/mol. The molecule has 0 N–H and O–H groups in total. The zero-order chi connectivity index (χ0) is 19.5. The van der Waals surface area contributed by atoms with E-state index >= 15 is 0 Å². The van der Waals surface area contributed by atoms with Crippen molar-refractivity contribution in [3.8, 4) is 0 Å². The summed E-state index contributed by atoms with van der Waals surface area (Å²) in [5.41, 5.74) is 0.935. The van der Waals surface area contributed by atoms with Gasteiger partial charge in [0, 0.05) is 25.1 Å². The van der Waals surface area contributed by atoms with E-state index in [1.807, 2.05) is 0 Å². The molecule has 1 saturated carbocycles. The number of aromatic nitrogens is 2. The lowest BCUT2D eigenvalue weighted by Gasteiger charge is -2.26. The molecule has 1 aromatic heterocycles. The molecule has 2 atom stereocenters. The third-order valence-corrected chi connectivity index (χ3v) is 5.76. The third kappa shape index (κ3) is 2.52. The van der Waals surface area contributed by atoms with E-state index in [1.54, 1.807) is 12.1 Å². The minimum Gasteiger partial charge on any atom is -0.451 e. The first-order valence-corrected chi connectivity index (χ1v) is 9.09. The zero-order valence-corrected chi connectivity index (χ0v) is 16.1. The van der Waals surface area contributed by atoms with Crippen molar-refractivity contribution in [1.29, 1.82) is 0 Å². The Kier molecular flexibility index (Phi) is 4.14. The van der Waals surface area contributed by atoms with Gasteiger partial charge in [0.2, 0.25) is 0 Å². The molecule has 1 aliphatic carbocycles. The van der Waals surface area contributed by atoms with Crippen LogP contribution in [0.1, 0.15) is 29.9 Å². The summed E-state index contributed by atoms with van der Waals surface area (Å²) in [4.78, 5) is 42.2. The Labute approximate surface area is 161 Å². The molecule has 1 aromatic carbocycles. The van der Waals surface area contributed by atoms with E-state index in [4.69, 9.17) is 4.74 Å². The molecule has 0 spiro atoms. The second kappa shape index (κ2) is 6.26. The molecule has 0 radical (unpaired) electrons. The lowest BCUT2D eigenvalue weighted by atomic mass is 9.77. The standard InChI is InChI=1S/C18H15BrFN3O4/c1-22-16-15(17(25)23(22)18(26)27-2)13(8-3-4-10(20)9(19)7-8)14-11(21-16)5-6-12(14)24/h3-4,7,13-14H,5-6H2,1-2H3. The average molecular weight is 436 g/mol. The van der Waals surface area contributed by atoms with Crippen molar-refractivity contribution < 1.29 is 18.7 Å². The molecular formula is C18H15BrFN3O4. The minimum absolute atomic E-state index is 0.0160. The van der Waals surface area contributed by atoms with E-state index in [9.17, 15) is 18.8 Å². The van der Waals surface area contributed by atoms with Crippen LogP contribution >= 0.6 is 15.9 Å². The molecule has 0 amide bonds. The molecular weight excluding hydrogens is 421 g/mol. The lowest BCUT2D eigenvalue weighted by Crippen LogP contribution is -2.33. The number of Topliss-reactive ketones (excluding diaryl/α,β-unsaturated/α-hetero) is 1. The second-order valence-electron chi connectivity index (χ2n) is 6.55. The predicted molar refractivity (Wildman–Crippen MR) is 98.2 cm³/mol. The fraction of sp³-hybridized carbons (Fsp3) is 0.333. The van der Waals surface area contributed by atoms with Crippen molar-refractivity contribution in [1.82, 2.24) is 9.36 Å². The molecule has 140 valence electrons. The maximum atomic E-state index is 13.7. The van der Waals surface area contributed by atoms with Crippen molar-refractivity contribution >= 4 is 39.3 Å². The van der Waals surface area contributed by atoms with Crippen molar-refractivity contribution in [2.45, 2.75) is 18.8 Å². The van der Waals surface area contributed by atoms with E-state index in [1.165, 1.54) is 24.9 Å². The number of carbonyl (C=O) groups excluding carboxylic acids is 2. The number of fused-ring (bicyclic) bond motifs is 2. The van der Waals surface area contributed by atoms with Crippen LogP contribution in [0.25, 0.3) is 0 Å². The van der Waals surface area contributed by atoms with Crippen LogP contribution in [0.15, 0.2) is 32.5 Å². The van der Waals surface area contributed by atoms with Crippen molar-refractivity contribution in [3.05, 3.63) is 50.0 Å².